The highest BCUT2D eigenvalue weighted by atomic mass is 16.5. The molecule has 0 bridgehead atoms. The molecule has 0 saturated heterocycles. The topological polar surface area (TPSA) is 55.6 Å². The summed E-state index contributed by atoms with van der Waals surface area (Å²) in [5.74, 6) is 0.714. The average Bonchev–Trinajstić information content (AvgIpc) is 2.27. The molecule has 4 nitrogen and oxygen atoms in total. The lowest BCUT2D eigenvalue weighted by Crippen LogP contribution is -2.36. The lowest BCUT2D eigenvalue weighted by Gasteiger charge is -2.19. The number of nitrogens with zero attached hydrogens (tertiary/aromatic N) is 1. The number of carbonyl (C=O) groups excluding carboxylic acids is 1. The smallest absolute Gasteiger partial charge is 0.253 e. The van der Waals surface area contributed by atoms with Crippen molar-refractivity contribution in [3.63, 3.8) is 0 Å². The van der Waals surface area contributed by atoms with Crippen LogP contribution in [-0.2, 0) is 0 Å². The van der Waals surface area contributed by atoms with Gasteiger partial charge < -0.3 is 15.4 Å². The molecular formula is C12H18N2O2. The van der Waals surface area contributed by atoms with Crippen LogP contribution in [0.1, 0.15) is 17.3 Å². The Hall–Kier alpha value is -1.55. The van der Waals surface area contributed by atoms with Gasteiger partial charge in [0, 0.05) is 25.2 Å². The van der Waals surface area contributed by atoms with Crippen LogP contribution in [0.5, 0.6) is 5.75 Å². The van der Waals surface area contributed by atoms with Gasteiger partial charge in [0.25, 0.3) is 5.91 Å². The molecule has 0 saturated carbocycles. The number of amides is 1. The Morgan fingerprint density at radius 1 is 1.44 bits per heavy atom. The molecule has 0 aromatic heterocycles. The van der Waals surface area contributed by atoms with Crippen molar-refractivity contribution in [2.75, 3.05) is 20.7 Å². The Morgan fingerprint density at radius 3 is 2.44 bits per heavy atom. The molecule has 1 amide bonds. The van der Waals surface area contributed by atoms with Gasteiger partial charge in [0.05, 0.1) is 7.11 Å². The van der Waals surface area contributed by atoms with Gasteiger partial charge in [-0.15, -0.1) is 0 Å². The summed E-state index contributed by atoms with van der Waals surface area (Å²) in [6, 6.07) is 7.02. The zero-order chi connectivity index (χ0) is 12.1. The Bertz CT molecular complexity index is 347. The molecule has 1 unspecified atom stereocenters. The molecule has 2 N–H and O–H groups in total. The third-order valence-electron chi connectivity index (χ3n) is 2.25. The molecule has 0 heterocycles. The van der Waals surface area contributed by atoms with Gasteiger partial charge in [-0.25, -0.2) is 0 Å². The summed E-state index contributed by atoms with van der Waals surface area (Å²) in [5, 5.41) is 0. The highest BCUT2D eigenvalue weighted by Gasteiger charge is 2.12. The monoisotopic (exact) mass is 222 g/mol. The van der Waals surface area contributed by atoms with Gasteiger partial charge in [-0.2, -0.15) is 0 Å². The number of carbonyl (C=O) groups is 1. The average molecular weight is 222 g/mol. The number of rotatable bonds is 4. The predicted molar refractivity (Wildman–Crippen MR) is 63.6 cm³/mol. The van der Waals surface area contributed by atoms with Gasteiger partial charge in [-0.05, 0) is 31.2 Å². The van der Waals surface area contributed by atoms with Crippen LogP contribution in [0.4, 0.5) is 0 Å². The summed E-state index contributed by atoms with van der Waals surface area (Å²) in [5.41, 5.74) is 6.28. The summed E-state index contributed by atoms with van der Waals surface area (Å²) in [7, 11) is 3.34. The molecule has 1 aromatic carbocycles. The normalized spacial score (nSPS) is 12.0. The predicted octanol–water partition coefficient (Wildman–Crippen LogP) is 1.11. The van der Waals surface area contributed by atoms with E-state index in [-0.39, 0.29) is 11.9 Å². The van der Waals surface area contributed by atoms with Crippen LogP contribution in [0.2, 0.25) is 0 Å². The highest BCUT2D eigenvalue weighted by Crippen LogP contribution is 2.12. The van der Waals surface area contributed by atoms with Crippen LogP contribution >= 0.6 is 0 Å². The molecule has 0 aliphatic carbocycles. The van der Waals surface area contributed by atoms with Crippen molar-refractivity contribution in [2.24, 2.45) is 5.73 Å². The number of hydrogen-bond donors (Lipinski definition) is 1. The second-order valence-electron chi connectivity index (χ2n) is 3.89. The van der Waals surface area contributed by atoms with E-state index in [9.17, 15) is 4.79 Å². The van der Waals surface area contributed by atoms with Crippen molar-refractivity contribution in [2.45, 2.75) is 13.0 Å². The van der Waals surface area contributed by atoms with Crippen molar-refractivity contribution in [1.82, 2.24) is 4.90 Å². The minimum absolute atomic E-state index is 0.0211. The Kier molecular flexibility index (Phi) is 4.31. The first kappa shape index (κ1) is 12.5. The fourth-order valence-corrected chi connectivity index (χ4v) is 1.47. The fourth-order valence-electron chi connectivity index (χ4n) is 1.47. The van der Waals surface area contributed by atoms with Gasteiger partial charge in [-0.1, -0.05) is 0 Å². The van der Waals surface area contributed by atoms with E-state index < -0.39 is 0 Å². The van der Waals surface area contributed by atoms with Crippen LogP contribution in [-0.4, -0.2) is 37.6 Å². The van der Waals surface area contributed by atoms with Crippen LogP contribution in [0.3, 0.4) is 0 Å². The van der Waals surface area contributed by atoms with Gasteiger partial charge in [0.15, 0.2) is 0 Å². The number of benzene rings is 1. The number of likely N-dealkylation sites (N-methyl/N-ethyl adjacent to an activating group) is 1. The maximum atomic E-state index is 11.9. The molecule has 0 aliphatic heterocycles. The standard InChI is InChI=1S/C12H18N2O2/c1-9(13)8-14(2)12(15)10-4-6-11(16-3)7-5-10/h4-7,9H,8,13H2,1-3H3. The summed E-state index contributed by atoms with van der Waals surface area (Å²) in [6.07, 6.45) is 0. The fraction of sp³-hybridized carbons (Fsp3) is 0.417. The molecule has 0 aliphatic rings. The summed E-state index contributed by atoms with van der Waals surface area (Å²) in [6.45, 7) is 2.42. The zero-order valence-corrected chi connectivity index (χ0v) is 9.93. The Labute approximate surface area is 96.0 Å². The number of methoxy groups -OCH3 is 1. The third kappa shape index (κ3) is 3.24. The molecule has 1 atom stereocenters. The molecule has 4 heteroatoms. The van der Waals surface area contributed by atoms with Crippen molar-refractivity contribution in [3.05, 3.63) is 29.8 Å². The maximum absolute atomic E-state index is 11.9. The minimum atomic E-state index is -0.0278. The molecule has 1 aromatic rings. The van der Waals surface area contributed by atoms with Crippen LogP contribution in [0.25, 0.3) is 0 Å². The molecule has 16 heavy (non-hydrogen) atoms. The number of ether oxygens (including phenoxy) is 1. The molecule has 0 radical (unpaired) electrons. The largest absolute Gasteiger partial charge is 0.497 e. The van der Waals surface area contributed by atoms with E-state index in [1.54, 1.807) is 43.3 Å². The molecular weight excluding hydrogens is 204 g/mol. The molecule has 88 valence electrons. The Morgan fingerprint density at radius 2 is 2.00 bits per heavy atom. The lowest BCUT2D eigenvalue weighted by atomic mass is 10.2. The van der Waals surface area contributed by atoms with Gasteiger partial charge in [0.1, 0.15) is 5.75 Å². The van der Waals surface area contributed by atoms with E-state index in [1.807, 2.05) is 6.92 Å². The summed E-state index contributed by atoms with van der Waals surface area (Å²) in [4.78, 5) is 13.5. The van der Waals surface area contributed by atoms with E-state index in [1.165, 1.54) is 0 Å². The molecule has 0 fully saturated rings. The maximum Gasteiger partial charge on any atom is 0.253 e. The van der Waals surface area contributed by atoms with E-state index in [0.29, 0.717) is 12.1 Å². The van der Waals surface area contributed by atoms with Crippen molar-refractivity contribution in [1.29, 1.82) is 0 Å². The third-order valence-corrected chi connectivity index (χ3v) is 2.25. The highest BCUT2D eigenvalue weighted by molar-refractivity contribution is 5.94. The first-order valence-corrected chi connectivity index (χ1v) is 5.19. The number of nitrogens with two attached hydrogens (primary N) is 1. The lowest BCUT2D eigenvalue weighted by molar-refractivity contribution is 0.0789. The Balaban J connectivity index is 2.72. The molecule has 0 spiro atoms. The summed E-state index contributed by atoms with van der Waals surface area (Å²) >= 11 is 0. The first-order valence-electron chi connectivity index (χ1n) is 5.19. The quantitative estimate of drug-likeness (QED) is 0.830. The van der Waals surface area contributed by atoms with E-state index >= 15 is 0 Å². The van der Waals surface area contributed by atoms with Gasteiger partial charge in [0.2, 0.25) is 0 Å². The second kappa shape index (κ2) is 5.51. The van der Waals surface area contributed by atoms with Gasteiger partial charge >= 0.3 is 0 Å². The minimum Gasteiger partial charge on any atom is -0.497 e. The number of hydrogen-bond acceptors (Lipinski definition) is 3. The molecule has 1 rings (SSSR count). The van der Waals surface area contributed by atoms with E-state index in [0.717, 1.165) is 5.75 Å². The van der Waals surface area contributed by atoms with E-state index in [2.05, 4.69) is 0 Å². The second-order valence-corrected chi connectivity index (χ2v) is 3.89. The first-order chi connectivity index (χ1) is 7.54. The van der Waals surface area contributed by atoms with E-state index in [4.69, 9.17) is 10.5 Å². The van der Waals surface area contributed by atoms with Crippen LogP contribution < -0.4 is 10.5 Å². The SMILES string of the molecule is COc1ccc(C(=O)N(C)CC(C)N)cc1. The van der Waals surface area contributed by atoms with Gasteiger partial charge in [-0.3, -0.25) is 4.79 Å². The van der Waals surface area contributed by atoms with Crippen molar-refractivity contribution >= 4 is 5.91 Å². The van der Waals surface area contributed by atoms with Crippen LogP contribution in [0.15, 0.2) is 24.3 Å². The zero-order valence-electron chi connectivity index (χ0n) is 9.93. The van der Waals surface area contributed by atoms with Crippen molar-refractivity contribution in [3.8, 4) is 5.75 Å². The van der Waals surface area contributed by atoms with Crippen molar-refractivity contribution < 1.29 is 9.53 Å². The summed E-state index contributed by atoms with van der Waals surface area (Å²) < 4.78 is 5.03. The van der Waals surface area contributed by atoms with Crippen LogP contribution in [0, 0.1) is 0 Å².